The highest BCUT2D eigenvalue weighted by Crippen LogP contribution is 2.22. The zero-order chi connectivity index (χ0) is 15.5. The fourth-order valence-corrected chi connectivity index (χ4v) is 2.19. The molecule has 3 N–H and O–H groups in total. The van der Waals surface area contributed by atoms with Gasteiger partial charge < -0.3 is 15.7 Å². The van der Waals surface area contributed by atoms with Crippen LogP contribution in [0.15, 0.2) is 64.2 Å². The maximum absolute atomic E-state index is 11.7. The van der Waals surface area contributed by atoms with Crippen LogP contribution < -0.4 is 21.5 Å². The van der Waals surface area contributed by atoms with E-state index in [0.29, 0.717) is 5.56 Å². The summed E-state index contributed by atoms with van der Waals surface area (Å²) in [5.41, 5.74) is 0.808. The quantitative estimate of drug-likeness (QED) is 0.630. The fourth-order valence-electron chi connectivity index (χ4n) is 2.19. The number of benzene rings is 2. The van der Waals surface area contributed by atoms with Crippen molar-refractivity contribution in [3.05, 3.63) is 80.6 Å². The van der Waals surface area contributed by atoms with Crippen molar-refractivity contribution >= 4 is 17.1 Å². The highest BCUT2D eigenvalue weighted by molar-refractivity contribution is 5.78. The van der Waals surface area contributed by atoms with Gasteiger partial charge in [-0.05, 0) is 18.2 Å². The predicted molar refractivity (Wildman–Crippen MR) is 86.5 cm³/mol. The van der Waals surface area contributed by atoms with Gasteiger partial charge in [-0.3, -0.25) is 9.59 Å². The van der Waals surface area contributed by atoms with Crippen molar-refractivity contribution in [2.45, 2.75) is 6.54 Å². The third kappa shape index (κ3) is 2.56. The zero-order valence-corrected chi connectivity index (χ0v) is 11.7. The first kappa shape index (κ1) is 13.9. The maximum atomic E-state index is 11.7. The van der Waals surface area contributed by atoms with Crippen molar-refractivity contribution < 1.29 is 5.11 Å². The number of phenolic OH excluding ortho intramolecular Hbond substituents is 1. The minimum Gasteiger partial charge on any atom is -0.508 e. The molecular formula is C17H14N2O3. The van der Waals surface area contributed by atoms with E-state index < -0.39 is 10.9 Å². The van der Waals surface area contributed by atoms with Crippen LogP contribution in [-0.2, 0) is 6.54 Å². The van der Waals surface area contributed by atoms with Gasteiger partial charge in [-0.2, -0.15) is 0 Å². The Morgan fingerprint density at radius 1 is 0.818 bits per heavy atom. The third-order valence-electron chi connectivity index (χ3n) is 3.40. The van der Waals surface area contributed by atoms with E-state index in [1.54, 1.807) is 24.3 Å². The van der Waals surface area contributed by atoms with Gasteiger partial charge in [0.2, 0.25) is 0 Å². The number of nitrogens with one attached hydrogen (secondary N) is 2. The van der Waals surface area contributed by atoms with Crippen molar-refractivity contribution in [1.82, 2.24) is 0 Å². The summed E-state index contributed by atoms with van der Waals surface area (Å²) < 4.78 is 0. The van der Waals surface area contributed by atoms with Crippen LogP contribution in [0.2, 0.25) is 0 Å². The number of hydrogen-bond donors (Lipinski definition) is 3. The second-order valence-corrected chi connectivity index (χ2v) is 4.88. The number of hydrogen-bond acceptors (Lipinski definition) is 5. The van der Waals surface area contributed by atoms with Gasteiger partial charge in [-0.1, -0.05) is 36.4 Å². The molecule has 0 radical (unpaired) electrons. The zero-order valence-electron chi connectivity index (χ0n) is 11.7. The van der Waals surface area contributed by atoms with Gasteiger partial charge in [0.1, 0.15) is 17.1 Å². The molecule has 0 bridgehead atoms. The van der Waals surface area contributed by atoms with E-state index in [0.717, 1.165) is 5.69 Å². The normalized spacial score (nSPS) is 10.5. The molecule has 0 aliphatic rings. The smallest absolute Gasteiger partial charge is 0.253 e. The molecule has 0 fully saturated rings. The Kier molecular flexibility index (Phi) is 3.62. The molecule has 0 saturated carbocycles. The monoisotopic (exact) mass is 294 g/mol. The van der Waals surface area contributed by atoms with Gasteiger partial charge >= 0.3 is 0 Å². The van der Waals surface area contributed by atoms with Crippen molar-refractivity contribution in [1.29, 1.82) is 0 Å². The molecule has 110 valence electrons. The highest BCUT2D eigenvalue weighted by Gasteiger charge is 2.20. The van der Waals surface area contributed by atoms with Crippen molar-refractivity contribution in [2.75, 3.05) is 10.6 Å². The molecule has 3 aromatic carbocycles. The van der Waals surface area contributed by atoms with E-state index in [9.17, 15) is 14.7 Å². The van der Waals surface area contributed by atoms with Gasteiger partial charge in [-0.25, -0.2) is 0 Å². The minimum atomic E-state index is -0.547. The van der Waals surface area contributed by atoms with Gasteiger partial charge in [0.25, 0.3) is 10.9 Å². The first-order valence-electron chi connectivity index (χ1n) is 6.83. The number of anilines is 3. The Bertz CT molecular complexity index is 865. The molecule has 0 spiro atoms. The largest absolute Gasteiger partial charge is 0.508 e. The number of rotatable bonds is 5. The van der Waals surface area contributed by atoms with Gasteiger partial charge in [0, 0.05) is 17.8 Å². The molecule has 0 aliphatic carbocycles. The molecule has 3 aromatic rings. The van der Waals surface area contributed by atoms with Gasteiger partial charge in [0.05, 0.1) is 0 Å². The topological polar surface area (TPSA) is 78.4 Å². The van der Waals surface area contributed by atoms with Crippen LogP contribution in [0, 0.1) is 0 Å². The molecule has 0 atom stereocenters. The average molecular weight is 294 g/mol. The number of aromatic hydroxyl groups is 1. The Balaban J connectivity index is 1.78. The summed E-state index contributed by atoms with van der Waals surface area (Å²) in [5, 5.41) is 15.6. The molecule has 3 rings (SSSR count). The summed E-state index contributed by atoms with van der Waals surface area (Å²) in [5.74, 6) is 0.145. The lowest BCUT2D eigenvalue weighted by Crippen LogP contribution is -2.36. The van der Waals surface area contributed by atoms with Gasteiger partial charge in [0.15, 0.2) is 0 Å². The molecule has 0 amide bonds. The summed E-state index contributed by atoms with van der Waals surface area (Å²) in [6.45, 7) is 0.265. The predicted octanol–water partition coefficient (Wildman–Crippen LogP) is 2.34. The molecular weight excluding hydrogens is 280 g/mol. The van der Waals surface area contributed by atoms with E-state index in [1.165, 1.54) is 0 Å². The molecule has 5 heteroatoms. The lowest BCUT2D eigenvalue weighted by atomic mass is 10.1. The lowest BCUT2D eigenvalue weighted by molar-refractivity contribution is 0.469. The molecule has 0 saturated heterocycles. The van der Waals surface area contributed by atoms with Crippen molar-refractivity contribution in [3.63, 3.8) is 0 Å². The summed E-state index contributed by atoms with van der Waals surface area (Å²) in [6, 6.07) is 16.0. The van der Waals surface area contributed by atoms with Crippen molar-refractivity contribution in [2.24, 2.45) is 0 Å². The van der Waals surface area contributed by atoms with Crippen LogP contribution in [0.1, 0.15) is 5.56 Å². The van der Waals surface area contributed by atoms with Crippen LogP contribution in [-0.4, -0.2) is 5.11 Å². The van der Waals surface area contributed by atoms with E-state index >= 15 is 0 Å². The number of para-hydroxylation sites is 2. The third-order valence-corrected chi connectivity index (χ3v) is 3.40. The Labute approximate surface area is 126 Å². The van der Waals surface area contributed by atoms with E-state index in [-0.39, 0.29) is 23.7 Å². The summed E-state index contributed by atoms with van der Waals surface area (Å²) in [7, 11) is 0. The molecule has 0 aliphatic heterocycles. The maximum Gasteiger partial charge on any atom is 0.253 e. The first-order chi connectivity index (χ1) is 10.7. The Hall–Kier alpha value is -3.08. The summed E-state index contributed by atoms with van der Waals surface area (Å²) in [4.78, 5) is 23.4. The van der Waals surface area contributed by atoms with Crippen LogP contribution in [0.25, 0.3) is 0 Å². The summed E-state index contributed by atoms with van der Waals surface area (Å²) in [6.07, 6.45) is 0. The Morgan fingerprint density at radius 2 is 1.45 bits per heavy atom. The van der Waals surface area contributed by atoms with Crippen LogP contribution in [0.5, 0.6) is 5.75 Å². The van der Waals surface area contributed by atoms with Gasteiger partial charge in [-0.15, -0.1) is 0 Å². The van der Waals surface area contributed by atoms with Crippen molar-refractivity contribution in [3.8, 4) is 5.75 Å². The SMILES string of the molecule is O=c1c(NCc2ccccc2O)c(Nc2ccccc2)c1=O. The van der Waals surface area contributed by atoms with E-state index in [2.05, 4.69) is 10.6 Å². The molecule has 0 aromatic heterocycles. The second kappa shape index (κ2) is 5.73. The lowest BCUT2D eigenvalue weighted by Gasteiger charge is -2.15. The minimum absolute atomic E-state index is 0.145. The first-order valence-corrected chi connectivity index (χ1v) is 6.83. The Morgan fingerprint density at radius 3 is 2.18 bits per heavy atom. The fraction of sp³-hybridized carbons (Fsp3) is 0.0588. The molecule has 0 heterocycles. The van der Waals surface area contributed by atoms with Crippen LogP contribution in [0.4, 0.5) is 17.1 Å². The second-order valence-electron chi connectivity index (χ2n) is 4.88. The van der Waals surface area contributed by atoms with E-state index in [4.69, 9.17) is 0 Å². The molecule has 0 unspecified atom stereocenters. The standard InChI is InChI=1S/C17H14N2O3/c20-13-9-5-4-6-11(13)10-18-14-15(17(22)16(14)21)19-12-7-2-1-3-8-12/h1-9,18-20H,10H2. The summed E-state index contributed by atoms with van der Waals surface area (Å²) >= 11 is 0. The van der Waals surface area contributed by atoms with Crippen LogP contribution >= 0.6 is 0 Å². The highest BCUT2D eigenvalue weighted by atomic mass is 16.3. The average Bonchev–Trinajstić information content (AvgIpc) is 2.56. The molecule has 22 heavy (non-hydrogen) atoms. The van der Waals surface area contributed by atoms with Crippen LogP contribution in [0.3, 0.4) is 0 Å². The molecule has 5 nitrogen and oxygen atoms in total. The van der Waals surface area contributed by atoms with E-state index in [1.807, 2.05) is 30.3 Å². The number of phenols is 1.